The van der Waals surface area contributed by atoms with Crippen molar-refractivity contribution in [1.82, 2.24) is 10.2 Å². The highest BCUT2D eigenvalue weighted by atomic mass is 32.2. The van der Waals surface area contributed by atoms with Crippen LogP contribution in [-0.4, -0.2) is 30.7 Å². The number of nitrogens with zero attached hydrogens (tertiary/aromatic N) is 5. The van der Waals surface area contributed by atoms with E-state index in [1.165, 1.54) is 11.6 Å². The third kappa shape index (κ3) is 5.47. The summed E-state index contributed by atoms with van der Waals surface area (Å²) < 4.78 is 64.7. The fourth-order valence-corrected chi connectivity index (χ4v) is 4.44. The van der Waals surface area contributed by atoms with Gasteiger partial charge in [0.25, 0.3) is 5.13 Å². The van der Waals surface area contributed by atoms with E-state index in [0.29, 0.717) is 25.2 Å². The summed E-state index contributed by atoms with van der Waals surface area (Å²) in [5.41, 5.74) is -1.84. The smallest absolute Gasteiger partial charge is 0.367 e. The second kappa shape index (κ2) is 9.43. The highest BCUT2D eigenvalue weighted by molar-refractivity contribution is 7.93. The topological polar surface area (TPSA) is 99.9 Å². The van der Waals surface area contributed by atoms with E-state index in [4.69, 9.17) is 0 Å². The zero-order chi connectivity index (χ0) is 23.5. The van der Waals surface area contributed by atoms with Crippen LogP contribution in [0.3, 0.4) is 0 Å². The van der Waals surface area contributed by atoms with Crippen molar-refractivity contribution in [2.24, 2.45) is 10.2 Å². The van der Waals surface area contributed by atoms with E-state index in [1.54, 1.807) is 10.8 Å². The number of alkyl halides is 3. The zero-order valence-corrected chi connectivity index (χ0v) is 18.8. The molecule has 0 bridgehead atoms. The van der Waals surface area contributed by atoms with Gasteiger partial charge in [-0.05, 0) is 42.5 Å². The number of aromatic nitrogens is 2. The molecule has 0 aliphatic carbocycles. The Hall–Kier alpha value is -3.06. The summed E-state index contributed by atoms with van der Waals surface area (Å²) in [7, 11) is -5.65. The number of azo groups is 1. The number of nitrogens with one attached hydrogen (secondary N) is 1. The molecule has 33 heavy (non-hydrogen) atoms. The highest BCUT2D eigenvalue weighted by Crippen LogP contribution is 2.39. The van der Waals surface area contributed by atoms with Gasteiger partial charge in [0.15, 0.2) is 0 Å². The number of sulfonamides is 1. The lowest BCUT2D eigenvalue weighted by Gasteiger charge is -2.26. The van der Waals surface area contributed by atoms with E-state index in [2.05, 4.69) is 20.4 Å². The largest absolute Gasteiger partial charge is 0.516 e. The van der Waals surface area contributed by atoms with E-state index in [1.807, 2.05) is 35.2 Å². The van der Waals surface area contributed by atoms with Crippen LogP contribution in [-0.2, 0) is 23.0 Å². The molecule has 0 amide bonds. The number of benzene rings is 2. The molecular weight excluding hydrogens is 477 g/mol. The van der Waals surface area contributed by atoms with Gasteiger partial charge in [-0.2, -0.15) is 21.6 Å². The first kappa shape index (κ1) is 23.1. The van der Waals surface area contributed by atoms with Crippen molar-refractivity contribution >= 4 is 43.6 Å². The van der Waals surface area contributed by atoms with Crippen molar-refractivity contribution in [3.63, 3.8) is 0 Å². The highest BCUT2D eigenvalue weighted by Gasteiger charge is 2.46. The lowest BCUT2D eigenvalue weighted by Crippen LogP contribution is -2.30. The number of fused-ring (bicyclic) bond motifs is 1. The standard InChI is InChI=1S/C20H19F3N6O2S2/c21-20(22,23)33(30,31)28-17-11-18-15(10-16(17)25-27-19-26-24-13-32-19)8-4-5-9-29(18)12-14-6-2-1-3-7-14/h1-3,6-7,10-11,13,28H,4-5,8-9,12H2. The molecule has 2 aromatic carbocycles. The van der Waals surface area contributed by atoms with Gasteiger partial charge in [0.1, 0.15) is 11.2 Å². The SMILES string of the molecule is O=S(=O)(Nc1cc2c(cc1N=Nc1nncs1)CCCCN2Cc1ccccc1)C(F)(F)F. The van der Waals surface area contributed by atoms with Crippen LogP contribution in [0, 0.1) is 0 Å². The maximum absolute atomic E-state index is 13.1. The maximum Gasteiger partial charge on any atom is 0.516 e. The van der Waals surface area contributed by atoms with Crippen LogP contribution in [0.25, 0.3) is 0 Å². The second-order valence-corrected chi connectivity index (χ2v) is 9.82. The van der Waals surface area contributed by atoms with E-state index < -0.39 is 15.5 Å². The van der Waals surface area contributed by atoms with Crippen molar-refractivity contribution in [1.29, 1.82) is 0 Å². The Morgan fingerprint density at radius 1 is 1.12 bits per heavy atom. The Morgan fingerprint density at radius 3 is 2.61 bits per heavy atom. The van der Waals surface area contributed by atoms with E-state index >= 15 is 0 Å². The molecule has 0 unspecified atom stereocenters. The molecule has 3 aromatic rings. The fraction of sp³-hybridized carbons (Fsp3) is 0.300. The van der Waals surface area contributed by atoms with Crippen molar-refractivity contribution in [2.45, 2.75) is 31.3 Å². The lowest BCUT2D eigenvalue weighted by molar-refractivity contribution is -0.0429. The van der Waals surface area contributed by atoms with Gasteiger partial charge in [-0.25, -0.2) is 0 Å². The number of rotatable bonds is 6. The van der Waals surface area contributed by atoms with Gasteiger partial charge in [0.2, 0.25) is 0 Å². The van der Waals surface area contributed by atoms with E-state index in [0.717, 1.165) is 35.3 Å². The molecule has 1 aliphatic rings. The van der Waals surface area contributed by atoms with Crippen LogP contribution in [0.4, 0.5) is 35.4 Å². The zero-order valence-electron chi connectivity index (χ0n) is 17.2. The van der Waals surface area contributed by atoms with Gasteiger partial charge < -0.3 is 4.90 Å². The molecule has 2 heterocycles. The number of anilines is 2. The molecule has 0 saturated carbocycles. The van der Waals surface area contributed by atoms with Crippen molar-refractivity contribution in [3.05, 3.63) is 59.1 Å². The Bertz CT molecular complexity index is 1230. The van der Waals surface area contributed by atoms with Crippen molar-refractivity contribution in [2.75, 3.05) is 16.2 Å². The van der Waals surface area contributed by atoms with Crippen LogP contribution >= 0.6 is 11.3 Å². The Kier molecular flexibility index (Phi) is 6.61. The molecule has 0 saturated heterocycles. The monoisotopic (exact) mass is 496 g/mol. The first-order chi connectivity index (χ1) is 15.7. The van der Waals surface area contributed by atoms with E-state index in [-0.39, 0.29) is 16.5 Å². The molecule has 0 radical (unpaired) electrons. The van der Waals surface area contributed by atoms with Crippen LogP contribution in [0.15, 0.2) is 58.2 Å². The summed E-state index contributed by atoms with van der Waals surface area (Å²) >= 11 is 1.09. The van der Waals surface area contributed by atoms with Gasteiger partial charge >= 0.3 is 15.5 Å². The molecule has 0 atom stereocenters. The quantitative estimate of drug-likeness (QED) is 0.451. The second-order valence-electron chi connectivity index (χ2n) is 7.33. The molecule has 4 rings (SSSR count). The number of hydrogen-bond donors (Lipinski definition) is 1. The third-order valence-electron chi connectivity index (χ3n) is 5.02. The minimum Gasteiger partial charge on any atom is -0.367 e. The van der Waals surface area contributed by atoms with Crippen molar-refractivity contribution < 1.29 is 21.6 Å². The molecule has 13 heteroatoms. The minimum absolute atomic E-state index is 0.0293. The molecule has 1 N–H and O–H groups in total. The van der Waals surface area contributed by atoms with Gasteiger partial charge in [-0.1, -0.05) is 41.7 Å². The summed E-state index contributed by atoms with van der Waals surface area (Å²) in [6, 6.07) is 12.6. The number of aryl methyl sites for hydroxylation is 1. The summed E-state index contributed by atoms with van der Waals surface area (Å²) in [6.07, 6.45) is 2.43. The normalized spacial score (nSPS) is 14.8. The summed E-state index contributed by atoms with van der Waals surface area (Å²) in [5.74, 6) is 0. The average Bonchev–Trinajstić information content (AvgIpc) is 3.21. The lowest BCUT2D eigenvalue weighted by atomic mass is 10.1. The molecule has 0 spiro atoms. The van der Waals surface area contributed by atoms with Crippen LogP contribution in [0.5, 0.6) is 0 Å². The molecule has 0 fully saturated rings. The predicted octanol–water partition coefficient (Wildman–Crippen LogP) is 5.56. The molecule has 8 nitrogen and oxygen atoms in total. The Labute approximate surface area is 192 Å². The summed E-state index contributed by atoms with van der Waals surface area (Å²) in [5, 5.41) is 15.4. The predicted molar refractivity (Wildman–Crippen MR) is 120 cm³/mol. The third-order valence-corrected chi connectivity index (χ3v) is 6.69. The Morgan fingerprint density at radius 2 is 1.91 bits per heavy atom. The first-order valence-corrected chi connectivity index (χ1v) is 12.3. The van der Waals surface area contributed by atoms with Crippen LogP contribution in [0.1, 0.15) is 24.0 Å². The maximum atomic E-state index is 13.1. The number of hydrogen-bond acceptors (Lipinski definition) is 8. The molecular formula is C20H19F3N6O2S2. The minimum atomic E-state index is -5.65. The van der Waals surface area contributed by atoms with Crippen LogP contribution in [0.2, 0.25) is 0 Å². The van der Waals surface area contributed by atoms with Gasteiger partial charge in [-0.3, -0.25) is 4.72 Å². The summed E-state index contributed by atoms with van der Waals surface area (Å²) in [6.45, 7) is 1.21. The van der Waals surface area contributed by atoms with Gasteiger partial charge in [0, 0.05) is 18.8 Å². The molecule has 1 aromatic heterocycles. The van der Waals surface area contributed by atoms with Gasteiger partial charge in [-0.15, -0.1) is 20.4 Å². The summed E-state index contributed by atoms with van der Waals surface area (Å²) in [4.78, 5) is 2.04. The fourth-order valence-electron chi connectivity index (χ4n) is 3.50. The first-order valence-electron chi connectivity index (χ1n) is 9.96. The average molecular weight is 497 g/mol. The van der Waals surface area contributed by atoms with Crippen molar-refractivity contribution in [3.8, 4) is 0 Å². The molecule has 1 aliphatic heterocycles. The van der Waals surface area contributed by atoms with Crippen LogP contribution < -0.4 is 9.62 Å². The Balaban J connectivity index is 1.78. The van der Waals surface area contributed by atoms with E-state index in [9.17, 15) is 21.6 Å². The number of halogens is 3. The molecule has 174 valence electrons. The van der Waals surface area contributed by atoms with Gasteiger partial charge in [0.05, 0.1) is 5.69 Å².